The molecule has 0 aromatic rings. The maximum absolute atomic E-state index is 10.1. The van der Waals surface area contributed by atoms with Gasteiger partial charge in [-0.3, -0.25) is 0 Å². The van der Waals surface area contributed by atoms with E-state index in [-0.39, 0.29) is 5.60 Å². The van der Waals surface area contributed by atoms with Crippen molar-refractivity contribution in [2.45, 2.75) is 86.1 Å². The van der Waals surface area contributed by atoms with E-state index in [1.54, 1.807) is 0 Å². The van der Waals surface area contributed by atoms with Crippen molar-refractivity contribution < 1.29 is 19.3 Å². The van der Waals surface area contributed by atoms with Crippen molar-refractivity contribution in [3.05, 3.63) is 0 Å². The topological polar surface area (TPSA) is 67.5 Å². The molecule has 0 radical (unpaired) electrons. The third-order valence-corrected chi connectivity index (χ3v) is 15.3. The molecule has 15 heterocycles. The summed E-state index contributed by atoms with van der Waals surface area (Å²) >= 11 is 6.20. The molecule has 15 aliphatic rings. The Morgan fingerprint density at radius 2 is 0.977 bits per heavy atom. The first kappa shape index (κ1) is 31.6. The molecule has 15 saturated heterocycles. The number of epoxide rings is 2. The normalized spacial score (nSPS) is 54.8. The number of thiol groups is 1. The molecule has 250 valence electrons. The fraction of sp³-hybridized carbons (Fsp3) is 1.00. The Morgan fingerprint density at radius 3 is 1.18 bits per heavy atom. The van der Waals surface area contributed by atoms with E-state index in [2.05, 4.69) is 39.2 Å². The fourth-order valence-corrected chi connectivity index (χ4v) is 12.0. The Labute approximate surface area is 275 Å². The molecular weight excluding hydrogens is 593 g/mol. The smallest absolute Gasteiger partial charge is 0.107 e. The zero-order valence-corrected chi connectivity index (χ0v) is 28.9. The minimum Gasteiger partial charge on any atom is -0.387 e. The van der Waals surface area contributed by atoms with Crippen molar-refractivity contribution in [3.8, 4) is 0 Å². The molecule has 5 unspecified atom stereocenters. The van der Waals surface area contributed by atoms with Gasteiger partial charge in [-0.15, -0.1) is 11.8 Å². The summed E-state index contributed by atoms with van der Waals surface area (Å²) in [5.74, 6) is 5.05. The number of aliphatic hydroxyl groups is 1. The van der Waals surface area contributed by atoms with Crippen LogP contribution in [-0.2, 0) is 14.2 Å². The van der Waals surface area contributed by atoms with Crippen molar-refractivity contribution in [1.82, 2.24) is 19.6 Å². The van der Waals surface area contributed by atoms with Gasteiger partial charge in [0.1, 0.15) is 16.6 Å². The Hall–Kier alpha value is 0.380. The van der Waals surface area contributed by atoms with E-state index in [0.29, 0.717) is 28.3 Å². The molecule has 44 heavy (non-hydrogen) atoms. The Morgan fingerprint density at radius 1 is 0.614 bits per heavy atom. The van der Waals surface area contributed by atoms with Crippen LogP contribution in [0.25, 0.3) is 0 Å². The van der Waals surface area contributed by atoms with Crippen LogP contribution in [0.4, 0.5) is 0 Å². The summed E-state index contributed by atoms with van der Waals surface area (Å²) in [4.78, 5) is 10.0. The van der Waals surface area contributed by atoms with Crippen LogP contribution in [0.5, 0.6) is 0 Å². The summed E-state index contributed by atoms with van der Waals surface area (Å²) in [6, 6.07) is 0. The average Bonchev–Trinajstić information content (AvgIpc) is 3.99. The second-order valence-electron chi connectivity index (χ2n) is 16.2. The Kier molecular flexibility index (Phi) is 8.89. The van der Waals surface area contributed by atoms with E-state index in [4.69, 9.17) is 14.2 Å². The van der Waals surface area contributed by atoms with E-state index >= 15 is 0 Å². The van der Waals surface area contributed by atoms with Gasteiger partial charge in [-0.05, 0) is 134 Å². The number of rotatable bonds is 1. The monoisotopic (exact) mass is 650 g/mol. The van der Waals surface area contributed by atoms with Crippen molar-refractivity contribution in [3.63, 3.8) is 0 Å². The molecule has 1 N–H and O–H groups in total. The van der Waals surface area contributed by atoms with E-state index in [1.807, 2.05) is 11.8 Å². The third kappa shape index (κ3) is 6.18. The molecule has 0 aromatic heterocycles. The molecule has 15 rings (SSSR count). The molecule has 0 saturated carbocycles. The molecule has 8 bridgehead atoms. The minimum absolute atomic E-state index is 0.251. The molecule has 0 aromatic carbocycles. The van der Waals surface area contributed by atoms with Gasteiger partial charge in [0, 0.05) is 37.7 Å². The molecule has 3 spiro atoms. The van der Waals surface area contributed by atoms with Crippen LogP contribution in [0.3, 0.4) is 0 Å². The quantitative estimate of drug-likeness (QED) is 0.330. The summed E-state index contributed by atoms with van der Waals surface area (Å²) < 4.78 is 17.2. The third-order valence-electron chi connectivity index (χ3n) is 13.6. The molecule has 0 amide bonds. The maximum atomic E-state index is 10.1. The van der Waals surface area contributed by atoms with E-state index in [0.717, 1.165) is 50.4 Å². The summed E-state index contributed by atoms with van der Waals surface area (Å²) in [6.07, 6.45) is 10.6. The standard InChI is InChI=1S/C10H17NOS.C8H15NOS.2C8H13NO/c1-8-12-10(7-13-8)6-11-4-2-9(10)3-5-11;10-8(6-11)5-9-3-1-7(8)2-4-9;2*1-3-9-4-2-7(1)8(5-9)6-10-8/h8-9H,2-7H2,1H3;7,10-11H,1-6H2;2*7H,1-6H2. The highest BCUT2D eigenvalue weighted by atomic mass is 32.2. The molecule has 15 fully saturated rings. The summed E-state index contributed by atoms with van der Waals surface area (Å²) in [5.41, 5.74) is 0.952. The fourth-order valence-electron chi connectivity index (χ4n) is 10.5. The number of nitrogens with zero attached hydrogens (tertiary/aromatic N) is 4. The van der Waals surface area contributed by atoms with Gasteiger partial charge >= 0.3 is 0 Å². The second kappa shape index (κ2) is 12.4. The van der Waals surface area contributed by atoms with Gasteiger partial charge in [-0.1, -0.05) is 0 Å². The number of hydrogen-bond donors (Lipinski definition) is 2. The van der Waals surface area contributed by atoms with Crippen LogP contribution >= 0.6 is 24.4 Å². The van der Waals surface area contributed by atoms with Crippen LogP contribution in [0.15, 0.2) is 0 Å². The van der Waals surface area contributed by atoms with Crippen molar-refractivity contribution in [1.29, 1.82) is 0 Å². The van der Waals surface area contributed by atoms with Crippen LogP contribution in [0, 0.1) is 23.7 Å². The van der Waals surface area contributed by atoms with Gasteiger partial charge in [-0.2, -0.15) is 12.6 Å². The first-order valence-corrected chi connectivity index (χ1v) is 19.8. The van der Waals surface area contributed by atoms with Gasteiger partial charge < -0.3 is 38.9 Å². The predicted octanol–water partition coefficient (Wildman–Crippen LogP) is 2.90. The Balaban J connectivity index is 0.0000000880. The lowest BCUT2D eigenvalue weighted by atomic mass is 9.76. The first-order valence-electron chi connectivity index (χ1n) is 18.1. The lowest BCUT2D eigenvalue weighted by molar-refractivity contribution is -0.133. The largest absolute Gasteiger partial charge is 0.387 e. The number of fused-ring (bicyclic) bond motifs is 9. The van der Waals surface area contributed by atoms with E-state index < -0.39 is 5.60 Å². The SMILES string of the molecule is C1CN2CCC1C1(CO1)C2.C1CN2CCC1C1(CO1)C2.CC1OC2(CS1)CN1CCC2CC1.OC1(CS)CN2CCC1CC2. The maximum Gasteiger partial charge on any atom is 0.107 e. The Bertz CT molecular complexity index is 963. The second-order valence-corrected chi connectivity index (χ2v) is 17.8. The molecule has 15 aliphatic heterocycles. The lowest BCUT2D eigenvalue weighted by Gasteiger charge is -2.50. The van der Waals surface area contributed by atoms with Gasteiger partial charge in [-0.25, -0.2) is 0 Å². The highest BCUT2D eigenvalue weighted by Gasteiger charge is 2.57. The zero-order valence-electron chi connectivity index (χ0n) is 27.2. The van der Waals surface area contributed by atoms with Crippen LogP contribution in [0.1, 0.15) is 58.3 Å². The molecule has 0 aliphatic carbocycles. The number of ether oxygens (including phenoxy) is 3. The molecule has 5 atom stereocenters. The van der Waals surface area contributed by atoms with Crippen LogP contribution in [0.2, 0.25) is 0 Å². The average molecular weight is 651 g/mol. The summed E-state index contributed by atoms with van der Waals surface area (Å²) in [6.45, 7) is 19.1. The van der Waals surface area contributed by atoms with E-state index in [1.165, 1.54) is 116 Å². The minimum atomic E-state index is -0.473. The van der Waals surface area contributed by atoms with Crippen LogP contribution < -0.4 is 0 Å². The lowest BCUT2D eigenvalue weighted by Crippen LogP contribution is -2.60. The predicted molar refractivity (Wildman–Crippen MR) is 179 cm³/mol. The zero-order chi connectivity index (χ0) is 30.0. The number of hydrogen-bond acceptors (Lipinski definition) is 10. The molecule has 10 heteroatoms. The van der Waals surface area contributed by atoms with Gasteiger partial charge in [0.25, 0.3) is 0 Å². The van der Waals surface area contributed by atoms with Gasteiger partial charge in [0.15, 0.2) is 0 Å². The van der Waals surface area contributed by atoms with E-state index in [9.17, 15) is 5.11 Å². The van der Waals surface area contributed by atoms with Crippen molar-refractivity contribution in [2.75, 3.05) is 103 Å². The van der Waals surface area contributed by atoms with Crippen LogP contribution in [-0.4, -0.2) is 156 Å². The highest BCUT2D eigenvalue weighted by Crippen LogP contribution is 2.48. The highest BCUT2D eigenvalue weighted by molar-refractivity contribution is 8.00. The number of piperidine rings is 12. The van der Waals surface area contributed by atoms with Crippen molar-refractivity contribution in [2.24, 2.45) is 23.7 Å². The summed E-state index contributed by atoms with van der Waals surface area (Å²) in [7, 11) is 0. The van der Waals surface area contributed by atoms with Crippen molar-refractivity contribution >= 4 is 24.4 Å². The first-order chi connectivity index (χ1) is 21.3. The summed E-state index contributed by atoms with van der Waals surface area (Å²) in [5, 5.41) is 10.1. The van der Waals surface area contributed by atoms with Gasteiger partial charge in [0.05, 0.1) is 24.4 Å². The number of thioether (sulfide) groups is 1. The molecule has 8 nitrogen and oxygen atoms in total. The molecular formula is C34H58N4O4S2. The van der Waals surface area contributed by atoms with Gasteiger partial charge in [0.2, 0.25) is 0 Å².